The standard InChI is InChI=1S/C33H40N4O2/c1-25(27-10-4-3-5-11-27)36-32(38)33(2,22-28-24-34-31-13-7-6-12-30(28)31)35-23-26-14-16-29(17-15-26)39-21-20-37-18-8-9-19-37/h3-7,10-17,24-25,34-35H,8-9,18-23H2,1-2H3,(H,36,38). The van der Waals surface area contributed by atoms with Gasteiger partial charge in [0.05, 0.1) is 11.6 Å². The molecule has 6 nitrogen and oxygen atoms in total. The number of aromatic nitrogens is 1. The lowest BCUT2D eigenvalue weighted by Gasteiger charge is -2.31. The zero-order valence-electron chi connectivity index (χ0n) is 23.1. The number of carbonyl (C=O) groups is 1. The summed E-state index contributed by atoms with van der Waals surface area (Å²) in [5.41, 5.74) is 3.56. The molecule has 4 aromatic rings. The van der Waals surface area contributed by atoms with Gasteiger partial charge in [-0.2, -0.15) is 0 Å². The molecular formula is C33H40N4O2. The molecule has 1 saturated heterocycles. The molecule has 0 radical (unpaired) electrons. The Morgan fingerprint density at radius 2 is 1.72 bits per heavy atom. The van der Waals surface area contributed by atoms with Crippen LogP contribution in [0.15, 0.2) is 85.1 Å². The number of amides is 1. The lowest BCUT2D eigenvalue weighted by atomic mass is 9.90. The average Bonchev–Trinajstić information content (AvgIpc) is 3.63. The van der Waals surface area contributed by atoms with Crippen molar-refractivity contribution in [3.63, 3.8) is 0 Å². The Morgan fingerprint density at radius 1 is 1.00 bits per heavy atom. The second kappa shape index (κ2) is 12.5. The number of hydrogen-bond acceptors (Lipinski definition) is 4. The van der Waals surface area contributed by atoms with Gasteiger partial charge in [0, 0.05) is 36.6 Å². The number of carbonyl (C=O) groups excluding carboxylic acids is 1. The van der Waals surface area contributed by atoms with Crippen LogP contribution in [0.1, 0.15) is 49.4 Å². The third-order valence-electron chi connectivity index (χ3n) is 7.85. The molecular weight excluding hydrogens is 484 g/mol. The van der Waals surface area contributed by atoms with Gasteiger partial charge in [-0.1, -0.05) is 60.7 Å². The highest BCUT2D eigenvalue weighted by atomic mass is 16.5. The van der Waals surface area contributed by atoms with E-state index in [-0.39, 0.29) is 11.9 Å². The van der Waals surface area contributed by atoms with Crippen LogP contribution in [0.25, 0.3) is 10.9 Å². The van der Waals surface area contributed by atoms with Crippen molar-refractivity contribution in [3.05, 3.63) is 102 Å². The highest BCUT2D eigenvalue weighted by Gasteiger charge is 2.34. The Kier molecular flexibility index (Phi) is 8.64. The second-order valence-corrected chi connectivity index (χ2v) is 10.9. The number of rotatable bonds is 12. The van der Waals surface area contributed by atoms with E-state index in [0.717, 1.165) is 39.9 Å². The number of likely N-dealkylation sites (tertiary alicyclic amines) is 1. The van der Waals surface area contributed by atoms with Crippen molar-refractivity contribution in [3.8, 4) is 5.75 Å². The minimum absolute atomic E-state index is 0.0222. The summed E-state index contributed by atoms with van der Waals surface area (Å²) in [5, 5.41) is 7.99. The maximum atomic E-state index is 13.8. The first kappa shape index (κ1) is 27.0. The number of fused-ring (bicyclic) bond motifs is 1. The minimum Gasteiger partial charge on any atom is -0.492 e. The third kappa shape index (κ3) is 6.88. The largest absolute Gasteiger partial charge is 0.492 e. The van der Waals surface area contributed by atoms with Gasteiger partial charge in [-0.25, -0.2) is 0 Å². The number of hydrogen-bond donors (Lipinski definition) is 3. The van der Waals surface area contributed by atoms with Gasteiger partial charge in [0.15, 0.2) is 0 Å². The number of para-hydroxylation sites is 1. The molecule has 3 N–H and O–H groups in total. The van der Waals surface area contributed by atoms with Gasteiger partial charge in [-0.3, -0.25) is 15.0 Å². The number of nitrogens with zero attached hydrogens (tertiary/aromatic N) is 1. The first-order valence-corrected chi connectivity index (χ1v) is 14.1. The van der Waals surface area contributed by atoms with Gasteiger partial charge in [-0.15, -0.1) is 0 Å². The summed E-state index contributed by atoms with van der Waals surface area (Å²) < 4.78 is 5.97. The van der Waals surface area contributed by atoms with Crippen molar-refractivity contribution in [2.45, 2.75) is 51.2 Å². The van der Waals surface area contributed by atoms with Crippen molar-refractivity contribution in [2.75, 3.05) is 26.2 Å². The van der Waals surface area contributed by atoms with Crippen molar-refractivity contribution in [1.82, 2.24) is 20.5 Å². The number of aromatic amines is 1. The minimum atomic E-state index is -0.821. The van der Waals surface area contributed by atoms with Gasteiger partial charge in [-0.05, 0) is 74.7 Å². The maximum absolute atomic E-state index is 13.8. The number of H-pyrrole nitrogens is 1. The van der Waals surface area contributed by atoms with Crippen LogP contribution in [0.3, 0.4) is 0 Å². The van der Waals surface area contributed by atoms with Crippen molar-refractivity contribution < 1.29 is 9.53 Å². The summed E-state index contributed by atoms with van der Waals surface area (Å²) in [6.07, 6.45) is 5.17. The smallest absolute Gasteiger partial charge is 0.240 e. The molecule has 1 aliphatic rings. The van der Waals surface area contributed by atoms with E-state index in [2.05, 4.69) is 44.8 Å². The van der Waals surface area contributed by atoms with E-state index in [0.29, 0.717) is 19.6 Å². The molecule has 0 spiro atoms. The molecule has 204 valence electrons. The molecule has 3 aromatic carbocycles. The highest BCUT2D eigenvalue weighted by molar-refractivity contribution is 5.89. The summed E-state index contributed by atoms with van der Waals surface area (Å²) in [7, 11) is 0. The van der Waals surface area contributed by atoms with E-state index < -0.39 is 5.54 Å². The monoisotopic (exact) mass is 524 g/mol. The number of ether oxygens (including phenoxy) is 1. The first-order valence-electron chi connectivity index (χ1n) is 14.1. The highest BCUT2D eigenvalue weighted by Crippen LogP contribution is 2.24. The van der Waals surface area contributed by atoms with E-state index in [9.17, 15) is 4.79 Å². The zero-order chi connectivity index (χ0) is 27.1. The van der Waals surface area contributed by atoms with E-state index in [1.165, 1.54) is 25.9 Å². The Balaban J connectivity index is 1.26. The van der Waals surface area contributed by atoms with Crippen LogP contribution < -0.4 is 15.4 Å². The van der Waals surface area contributed by atoms with Gasteiger partial charge >= 0.3 is 0 Å². The van der Waals surface area contributed by atoms with Crippen LogP contribution in [-0.4, -0.2) is 47.6 Å². The van der Waals surface area contributed by atoms with Crippen molar-refractivity contribution >= 4 is 16.8 Å². The third-order valence-corrected chi connectivity index (χ3v) is 7.85. The average molecular weight is 525 g/mol. The predicted molar refractivity (Wildman–Crippen MR) is 158 cm³/mol. The normalized spacial score (nSPS) is 16.2. The predicted octanol–water partition coefficient (Wildman–Crippen LogP) is 5.61. The van der Waals surface area contributed by atoms with Crippen molar-refractivity contribution in [2.24, 2.45) is 0 Å². The molecule has 0 aliphatic carbocycles. The van der Waals surface area contributed by atoms with Crippen LogP contribution in [0.5, 0.6) is 5.75 Å². The van der Waals surface area contributed by atoms with Gasteiger partial charge in [0.25, 0.3) is 0 Å². The van der Waals surface area contributed by atoms with Gasteiger partial charge < -0.3 is 15.0 Å². The van der Waals surface area contributed by atoms with Gasteiger partial charge in [0.1, 0.15) is 12.4 Å². The van der Waals surface area contributed by atoms with E-state index in [4.69, 9.17) is 4.74 Å². The van der Waals surface area contributed by atoms with Crippen LogP contribution in [0.2, 0.25) is 0 Å². The quantitative estimate of drug-likeness (QED) is 0.225. The van der Waals surface area contributed by atoms with Crippen LogP contribution >= 0.6 is 0 Å². The van der Waals surface area contributed by atoms with Crippen LogP contribution in [0, 0.1) is 0 Å². The van der Waals surface area contributed by atoms with Gasteiger partial charge in [0.2, 0.25) is 5.91 Å². The Bertz CT molecular complexity index is 1350. The molecule has 1 aliphatic heterocycles. The summed E-state index contributed by atoms with van der Waals surface area (Å²) in [4.78, 5) is 19.6. The topological polar surface area (TPSA) is 69.4 Å². The zero-order valence-corrected chi connectivity index (χ0v) is 23.1. The Hall–Kier alpha value is -3.61. The first-order chi connectivity index (χ1) is 19.0. The molecule has 6 heteroatoms. The van der Waals surface area contributed by atoms with Crippen LogP contribution in [-0.2, 0) is 17.8 Å². The molecule has 2 atom stereocenters. The van der Waals surface area contributed by atoms with E-state index >= 15 is 0 Å². The second-order valence-electron chi connectivity index (χ2n) is 10.9. The SMILES string of the molecule is CC(NC(=O)C(C)(Cc1c[nH]c2ccccc12)NCc1ccc(OCCN2CCCC2)cc1)c1ccccc1. The summed E-state index contributed by atoms with van der Waals surface area (Å²) in [5.74, 6) is 0.861. The lowest BCUT2D eigenvalue weighted by molar-refractivity contribution is -0.127. The molecule has 39 heavy (non-hydrogen) atoms. The number of nitrogens with one attached hydrogen (secondary N) is 3. The molecule has 0 bridgehead atoms. The molecule has 5 rings (SSSR count). The Morgan fingerprint density at radius 3 is 2.49 bits per heavy atom. The fourth-order valence-corrected chi connectivity index (χ4v) is 5.36. The lowest BCUT2D eigenvalue weighted by Crippen LogP contribution is -2.56. The fourth-order valence-electron chi connectivity index (χ4n) is 5.36. The Labute approximate surface area is 231 Å². The summed E-state index contributed by atoms with van der Waals surface area (Å²) >= 11 is 0. The number of benzene rings is 3. The van der Waals surface area contributed by atoms with Crippen molar-refractivity contribution in [1.29, 1.82) is 0 Å². The van der Waals surface area contributed by atoms with E-state index in [1.54, 1.807) is 0 Å². The maximum Gasteiger partial charge on any atom is 0.240 e. The molecule has 1 aromatic heterocycles. The molecule has 2 unspecified atom stereocenters. The molecule has 0 saturated carbocycles. The summed E-state index contributed by atoms with van der Waals surface area (Å²) in [6, 6.07) is 26.4. The fraction of sp³-hybridized carbons (Fsp3) is 0.364. The summed E-state index contributed by atoms with van der Waals surface area (Å²) in [6.45, 7) is 8.65. The van der Waals surface area contributed by atoms with Crippen LogP contribution in [0.4, 0.5) is 0 Å². The van der Waals surface area contributed by atoms with E-state index in [1.807, 2.05) is 74.6 Å². The molecule has 1 amide bonds. The molecule has 1 fully saturated rings. The molecule has 2 heterocycles.